The summed E-state index contributed by atoms with van der Waals surface area (Å²) in [6, 6.07) is 88.7. The van der Waals surface area contributed by atoms with Gasteiger partial charge >= 0.3 is 0 Å². The predicted molar refractivity (Wildman–Crippen MR) is 256 cm³/mol. The molecular weight excluding hydrogens is 735 g/mol. The molecular formula is C60H51N. The summed E-state index contributed by atoms with van der Waals surface area (Å²) in [5.41, 5.74) is 17.7. The van der Waals surface area contributed by atoms with Crippen LogP contribution in [0.5, 0.6) is 0 Å². The van der Waals surface area contributed by atoms with Gasteiger partial charge in [0.15, 0.2) is 0 Å². The van der Waals surface area contributed by atoms with Gasteiger partial charge in [-0.15, -0.1) is 0 Å². The van der Waals surface area contributed by atoms with Crippen LogP contribution in [0.3, 0.4) is 0 Å². The molecule has 0 saturated carbocycles. The van der Waals surface area contributed by atoms with Crippen molar-refractivity contribution in [2.24, 2.45) is 0 Å². The first-order valence-electron chi connectivity index (χ1n) is 21.5. The maximum Gasteiger partial charge on any atom is 0.0767 e. The maximum absolute atomic E-state index is 4.29. The lowest BCUT2D eigenvalue weighted by atomic mass is 9.68. The van der Waals surface area contributed by atoms with Gasteiger partial charge in [-0.05, 0) is 86.2 Å². The minimum absolute atomic E-state index is 0.0775. The standard InChI is InChI=1S/C60H51N/c1-43-53(55(45-27-11-3-12-28-45)46-29-13-4-14-30-46)58(57(49-35-19-7-20-36-49)50-37-21-8-22-38-50)54(56(47-31-15-5-16-32-47)48-33-17-6-18-34-48)44(2)59(43)61-60(51-39-23-9-24-40-51)52-41-25-10-26-42-52/h3-42,55-57,60-61H,1-2H3. The van der Waals surface area contributed by atoms with Crippen LogP contribution in [-0.2, 0) is 0 Å². The first-order valence-corrected chi connectivity index (χ1v) is 21.5. The van der Waals surface area contributed by atoms with Gasteiger partial charge in [0.2, 0.25) is 0 Å². The summed E-state index contributed by atoms with van der Waals surface area (Å²) in [5.74, 6) is -0.236. The van der Waals surface area contributed by atoms with E-state index >= 15 is 0 Å². The SMILES string of the molecule is Cc1c(NC(c2ccccc2)c2ccccc2)c(C)c(C(c2ccccc2)c2ccccc2)c(C(c2ccccc2)c2ccccc2)c1C(c1ccccc1)c1ccccc1. The Morgan fingerprint density at radius 1 is 0.246 bits per heavy atom. The molecule has 0 aromatic heterocycles. The summed E-state index contributed by atoms with van der Waals surface area (Å²) in [7, 11) is 0. The van der Waals surface area contributed by atoms with Crippen LogP contribution in [0.25, 0.3) is 0 Å². The molecule has 0 spiro atoms. The fourth-order valence-corrected chi connectivity index (χ4v) is 9.62. The third-order valence-corrected chi connectivity index (χ3v) is 12.4. The largest absolute Gasteiger partial charge is 0.374 e. The van der Waals surface area contributed by atoms with E-state index in [1.807, 2.05) is 0 Å². The molecule has 1 heteroatoms. The molecule has 0 heterocycles. The van der Waals surface area contributed by atoms with Crippen molar-refractivity contribution in [1.82, 2.24) is 0 Å². The zero-order chi connectivity index (χ0) is 41.4. The van der Waals surface area contributed by atoms with Gasteiger partial charge in [0, 0.05) is 23.4 Å². The van der Waals surface area contributed by atoms with Crippen LogP contribution in [0, 0.1) is 13.8 Å². The van der Waals surface area contributed by atoms with Crippen molar-refractivity contribution < 1.29 is 0 Å². The molecule has 61 heavy (non-hydrogen) atoms. The predicted octanol–water partition coefficient (Wildman–Crippen LogP) is 15.0. The highest BCUT2D eigenvalue weighted by Crippen LogP contribution is 2.52. The number of hydrogen-bond acceptors (Lipinski definition) is 1. The van der Waals surface area contributed by atoms with Gasteiger partial charge in [0.1, 0.15) is 0 Å². The average molecular weight is 786 g/mol. The Kier molecular flexibility index (Phi) is 11.8. The lowest BCUT2D eigenvalue weighted by Gasteiger charge is -2.37. The topological polar surface area (TPSA) is 12.0 Å². The van der Waals surface area contributed by atoms with E-state index in [1.54, 1.807) is 0 Å². The lowest BCUT2D eigenvalue weighted by molar-refractivity contribution is 0.831. The van der Waals surface area contributed by atoms with Crippen molar-refractivity contribution in [3.05, 3.63) is 315 Å². The Bertz CT molecular complexity index is 2490. The summed E-state index contributed by atoms with van der Waals surface area (Å²) in [5, 5.41) is 4.29. The molecule has 0 aliphatic heterocycles. The molecule has 0 unspecified atom stereocenters. The number of rotatable bonds is 13. The lowest BCUT2D eigenvalue weighted by Crippen LogP contribution is -2.23. The van der Waals surface area contributed by atoms with Gasteiger partial charge in [-0.25, -0.2) is 0 Å². The van der Waals surface area contributed by atoms with E-state index in [1.165, 1.54) is 78.0 Å². The highest BCUT2D eigenvalue weighted by molar-refractivity contribution is 5.74. The van der Waals surface area contributed by atoms with Crippen LogP contribution in [0.15, 0.2) is 243 Å². The molecule has 1 N–H and O–H groups in total. The van der Waals surface area contributed by atoms with E-state index in [4.69, 9.17) is 0 Å². The first-order chi connectivity index (χ1) is 30.2. The summed E-state index contributed by atoms with van der Waals surface area (Å²) in [6.45, 7) is 4.74. The first kappa shape index (κ1) is 39.3. The van der Waals surface area contributed by atoms with E-state index < -0.39 is 0 Å². The molecule has 9 aromatic carbocycles. The van der Waals surface area contributed by atoms with Crippen LogP contribution < -0.4 is 5.32 Å². The van der Waals surface area contributed by atoms with Crippen LogP contribution in [0.1, 0.15) is 96.1 Å². The normalized spacial score (nSPS) is 11.4. The second kappa shape index (κ2) is 18.4. The van der Waals surface area contributed by atoms with Gasteiger partial charge in [-0.3, -0.25) is 0 Å². The van der Waals surface area contributed by atoms with Crippen molar-refractivity contribution >= 4 is 5.69 Å². The average Bonchev–Trinajstić information content (AvgIpc) is 3.34. The Hall–Kier alpha value is -7.22. The van der Waals surface area contributed by atoms with Gasteiger partial charge < -0.3 is 5.32 Å². The summed E-state index contributed by atoms with van der Waals surface area (Å²) < 4.78 is 0. The van der Waals surface area contributed by atoms with Crippen LogP contribution >= 0.6 is 0 Å². The second-order valence-electron chi connectivity index (χ2n) is 16.0. The third kappa shape index (κ3) is 8.21. The van der Waals surface area contributed by atoms with Gasteiger partial charge in [0.05, 0.1) is 6.04 Å². The van der Waals surface area contributed by atoms with Gasteiger partial charge in [-0.1, -0.05) is 243 Å². The molecule has 0 amide bonds. The van der Waals surface area contributed by atoms with E-state index in [0.717, 1.165) is 0 Å². The molecule has 0 aliphatic rings. The zero-order valence-corrected chi connectivity index (χ0v) is 34.9. The van der Waals surface area contributed by atoms with E-state index in [0.29, 0.717) is 0 Å². The molecule has 9 rings (SSSR count). The minimum Gasteiger partial charge on any atom is -0.374 e. The van der Waals surface area contributed by atoms with E-state index in [9.17, 15) is 0 Å². The molecule has 296 valence electrons. The van der Waals surface area contributed by atoms with Crippen molar-refractivity contribution in [2.45, 2.75) is 37.6 Å². The molecule has 0 saturated heterocycles. The quantitative estimate of drug-likeness (QED) is 0.115. The smallest absolute Gasteiger partial charge is 0.0767 e. The number of anilines is 1. The van der Waals surface area contributed by atoms with Crippen molar-refractivity contribution in [2.75, 3.05) is 5.32 Å². The summed E-state index contributed by atoms with van der Waals surface area (Å²) in [4.78, 5) is 0. The van der Waals surface area contributed by atoms with Crippen molar-refractivity contribution in [3.63, 3.8) is 0 Å². The summed E-state index contributed by atoms with van der Waals surface area (Å²) in [6.07, 6.45) is 0. The van der Waals surface area contributed by atoms with Crippen LogP contribution in [0.4, 0.5) is 5.69 Å². The third-order valence-electron chi connectivity index (χ3n) is 12.4. The molecule has 0 atom stereocenters. The number of hydrogen-bond donors (Lipinski definition) is 1. The Morgan fingerprint density at radius 2 is 0.443 bits per heavy atom. The summed E-state index contributed by atoms with van der Waals surface area (Å²) >= 11 is 0. The van der Waals surface area contributed by atoms with E-state index in [-0.39, 0.29) is 23.8 Å². The fourth-order valence-electron chi connectivity index (χ4n) is 9.62. The Morgan fingerprint density at radius 3 is 0.672 bits per heavy atom. The molecule has 0 aliphatic carbocycles. The number of nitrogens with one attached hydrogen (secondary N) is 1. The minimum atomic E-state index is -0.0933. The maximum atomic E-state index is 4.29. The molecule has 1 nitrogen and oxygen atoms in total. The van der Waals surface area contributed by atoms with Crippen LogP contribution in [-0.4, -0.2) is 0 Å². The van der Waals surface area contributed by atoms with Gasteiger partial charge in [-0.2, -0.15) is 0 Å². The highest BCUT2D eigenvalue weighted by atomic mass is 14.9. The molecule has 0 bridgehead atoms. The van der Waals surface area contributed by atoms with Gasteiger partial charge in [0.25, 0.3) is 0 Å². The molecule has 9 aromatic rings. The monoisotopic (exact) mass is 785 g/mol. The van der Waals surface area contributed by atoms with E-state index in [2.05, 4.69) is 262 Å². The fraction of sp³-hybridized carbons (Fsp3) is 0.100. The molecule has 0 radical (unpaired) electrons. The highest BCUT2D eigenvalue weighted by Gasteiger charge is 2.36. The van der Waals surface area contributed by atoms with Crippen LogP contribution in [0.2, 0.25) is 0 Å². The van der Waals surface area contributed by atoms with Crippen molar-refractivity contribution in [3.8, 4) is 0 Å². The van der Waals surface area contributed by atoms with Crippen molar-refractivity contribution in [1.29, 1.82) is 0 Å². The number of benzene rings is 9. The molecule has 0 fully saturated rings. The second-order valence-corrected chi connectivity index (χ2v) is 16.0. The zero-order valence-electron chi connectivity index (χ0n) is 34.9. The Labute approximate surface area is 362 Å². The Balaban J connectivity index is 1.48.